The third-order valence-corrected chi connectivity index (χ3v) is 10.1. The van der Waals surface area contributed by atoms with Gasteiger partial charge in [-0.05, 0) is 94.7 Å². The van der Waals surface area contributed by atoms with Crippen molar-refractivity contribution in [3.8, 4) is 16.9 Å². The smallest absolute Gasteiger partial charge is 0.410 e. The molecular formula is C39H45Cl2FN2O7. The van der Waals surface area contributed by atoms with Gasteiger partial charge >= 0.3 is 12.1 Å². The first-order valence-electron chi connectivity index (χ1n) is 17.3. The maximum Gasteiger partial charge on any atom is 0.410 e. The van der Waals surface area contributed by atoms with Gasteiger partial charge < -0.3 is 29.6 Å². The molecule has 2 fully saturated rings. The number of amides is 2. The third kappa shape index (κ3) is 9.33. The number of esters is 1. The number of benzene rings is 3. The zero-order valence-corrected chi connectivity index (χ0v) is 30.9. The van der Waals surface area contributed by atoms with E-state index in [1.54, 1.807) is 31.7 Å². The number of rotatable bonds is 11. The summed E-state index contributed by atoms with van der Waals surface area (Å²) >= 11 is 13.7. The number of hydrogen-bond donors (Lipinski definition) is 1. The normalized spacial score (nSPS) is 19.6. The average Bonchev–Trinajstić information content (AvgIpc) is 3.62. The van der Waals surface area contributed by atoms with Gasteiger partial charge in [-0.3, -0.25) is 9.59 Å². The van der Waals surface area contributed by atoms with Gasteiger partial charge in [0.25, 0.3) is 0 Å². The van der Waals surface area contributed by atoms with E-state index in [2.05, 4.69) is 0 Å². The summed E-state index contributed by atoms with van der Waals surface area (Å²) in [5.74, 6) is -2.77. The van der Waals surface area contributed by atoms with Gasteiger partial charge in [-0.1, -0.05) is 53.5 Å². The molecule has 1 unspecified atom stereocenters. The molecule has 0 aromatic heterocycles. The summed E-state index contributed by atoms with van der Waals surface area (Å²) in [6.07, 6.45) is 3.26. The summed E-state index contributed by atoms with van der Waals surface area (Å²) < 4.78 is 38.8. The van der Waals surface area contributed by atoms with Crippen molar-refractivity contribution in [2.24, 2.45) is 11.7 Å². The van der Waals surface area contributed by atoms with Crippen LogP contribution in [0.5, 0.6) is 5.75 Å². The second-order valence-corrected chi connectivity index (χ2v) is 14.9. The minimum absolute atomic E-state index is 0.0728. The first kappa shape index (κ1) is 38.4. The number of nitrogens with two attached hydrogens (primary N) is 1. The summed E-state index contributed by atoms with van der Waals surface area (Å²) in [5.41, 5.74) is 6.34. The standard InChI is InChI=1S/C39H45Cl2FN2O7/c1-39(2,3)51-38(47)44(25-14-12-24(13-15-25)37(46)48-4)21-30(23-9-6-5-7-10-23)28-19-29(32(41)20-31(28)40)34-27(36(43)45)16-17-33(35(34)42)50-22-26-11-8-18-49-26/h5-7,9-10,16-17,19-20,24-26,30H,8,11-15,18,21-22H2,1-4H3,(H2,43,45)/t24?,25?,26-,30?/m0/s1. The molecule has 1 heterocycles. The summed E-state index contributed by atoms with van der Waals surface area (Å²) in [6.45, 7) is 6.31. The summed E-state index contributed by atoms with van der Waals surface area (Å²) in [5, 5.41) is 0.376. The highest BCUT2D eigenvalue weighted by molar-refractivity contribution is 6.37. The Hall–Kier alpha value is -3.86. The minimum atomic E-state index is -0.847. The highest BCUT2D eigenvalue weighted by atomic mass is 35.5. The molecule has 0 bridgehead atoms. The second kappa shape index (κ2) is 16.7. The molecule has 9 nitrogen and oxygen atoms in total. The van der Waals surface area contributed by atoms with Crippen LogP contribution in [0.25, 0.3) is 11.1 Å². The minimum Gasteiger partial charge on any atom is -0.488 e. The molecule has 1 aliphatic carbocycles. The molecule has 2 atom stereocenters. The van der Waals surface area contributed by atoms with Gasteiger partial charge in [-0.25, -0.2) is 9.18 Å². The van der Waals surface area contributed by atoms with Crippen LogP contribution in [0.15, 0.2) is 54.6 Å². The van der Waals surface area contributed by atoms with Gasteiger partial charge in [0, 0.05) is 41.3 Å². The Labute approximate surface area is 308 Å². The predicted molar refractivity (Wildman–Crippen MR) is 194 cm³/mol. The lowest BCUT2D eigenvalue weighted by Crippen LogP contribution is -2.47. The molecule has 3 aromatic carbocycles. The first-order chi connectivity index (χ1) is 24.3. The van der Waals surface area contributed by atoms with E-state index in [0.29, 0.717) is 37.9 Å². The van der Waals surface area contributed by atoms with Crippen molar-refractivity contribution in [3.05, 3.63) is 87.2 Å². The average molecular weight is 744 g/mol. The van der Waals surface area contributed by atoms with Gasteiger partial charge in [0.1, 0.15) is 12.2 Å². The van der Waals surface area contributed by atoms with Crippen molar-refractivity contribution in [3.63, 3.8) is 0 Å². The fraction of sp³-hybridized carbons (Fsp3) is 0.462. The van der Waals surface area contributed by atoms with E-state index in [-0.39, 0.29) is 69.7 Å². The largest absolute Gasteiger partial charge is 0.488 e. The number of methoxy groups -OCH3 is 1. The number of carbonyl (C=O) groups is 3. The molecule has 1 saturated heterocycles. The molecule has 274 valence electrons. The van der Waals surface area contributed by atoms with Crippen LogP contribution >= 0.6 is 23.2 Å². The van der Waals surface area contributed by atoms with Crippen molar-refractivity contribution in [1.29, 1.82) is 0 Å². The van der Waals surface area contributed by atoms with E-state index < -0.39 is 29.3 Å². The van der Waals surface area contributed by atoms with Crippen LogP contribution in [-0.4, -0.2) is 67.5 Å². The van der Waals surface area contributed by atoms with Crippen LogP contribution in [0.1, 0.15) is 86.7 Å². The molecule has 3 aromatic rings. The predicted octanol–water partition coefficient (Wildman–Crippen LogP) is 8.56. The molecule has 0 spiro atoms. The molecule has 51 heavy (non-hydrogen) atoms. The zero-order valence-electron chi connectivity index (χ0n) is 29.4. The fourth-order valence-corrected chi connectivity index (χ4v) is 7.48. The summed E-state index contributed by atoms with van der Waals surface area (Å²) in [6, 6.07) is 15.2. The van der Waals surface area contributed by atoms with E-state index in [4.69, 9.17) is 47.9 Å². The number of ether oxygens (including phenoxy) is 4. The van der Waals surface area contributed by atoms with Crippen LogP contribution in [0.2, 0.25) is 10.0 Å². The van der Waals surface area contributed by atoms with Gasteiger partial charge in [0.15, 0.2) is 11.6 Å². The highest BCUT2D eigenvalue weighted by Gasteiger charge is 2.36. The summed E-state index contributed by atoms with van der Waals surface area (Å²) in [4.78, 5) is 40.6. The molecular weight excluding hydrogens is 698 g/mol. The van der Waals surface area contributed by atoms with E-state index in [1.807, 2.05) is 30.3 Å². The fourth-order valence-electron chi connectivity index (χ4n) is 6.87. The van der Waals surface area contributed by atoms with Crippen molar-refractivity contribution in [2.45, 2.75) is 83.0 Å². The van der Waals surface area contributed by atoms with Gasteiger partial charge in [-0.15, -0.1) is 0 Å². The Bertz CT molecular complexity index is 1720. The maximum absolute atomic E-state index is 16.5. The number of halogens is 3. The molecule has 1 saturated carbocycles. The number of primary amides is 1. The molecule has 0 radical (unpaired) electrons. The van der Waals surface area contributed by atoms with Gasteiger partial charge in [0.2, 0.25) is 5.91 Å². The molecule has 2 N–H and O–H groups in total. The molecule has 1 aliphatic heterocycles. The second-order valence-electron chi connectivity index (χ2n) is 14.1. The topological polar surface area (TPSA) is 117 Å². The quantitative estimate of drug-likeness (QED) is 0.196. The van der Waals surface area contributed by atoms with Gasteiger partial charge in [-0.2, -0.15) is 0 Å². The Kier molecular flexibility index (Phi) is 12.5. The monoisotopic (exact) mass is 742 g/mol. The maximum atomic E-state index is 16.5. The van der Waals surface area contributed by atoms with Crippen LogP contribution < -0.4 is 10.5 Å². The lowest BCUT2D eigenvalue weighted by atomic mass is 9.83. The van der Waals surface area contributed by atoms with Crippen molar-refractivity contribution < 1.29 is 37.7 Å². The Morgan fingerprint density at radius 2 is 1.71 bits per heavy atom. The van der Waals surface area contributed by atoms with E-state index >= 15 is 4.39 Å². The lowest BCUT2D eigenvalue weighted by Gasteiger charge is -2.39. The van der Waals surface area contributed by atoms with Crippen molar-refractivity contribution in [2.75, 3.05) is 26.9 Å². The highest BCUT2D eigenvalue weighted by Crippen LogP contribution is 2.43. The molecule has 2 amide bonds. The molecule has 12 heteroatoms. The molecule has 5 rings (SSSR count). The van der Waals surface area contributed by atoms with E-state index in [9.17, 15) is 14.4 Å². The Morgan fingerprint density at radius 1 is 1.00 bits per heavy atom. The van der Waals surface area contributed by atoms with Crippen LogP contribution in [-0.2, 0) is 19.0 Å². The number of nitrogens with zero attached hydrogens (tertiary/aromatic N) is 1. The lowest BCUT2D eigenvalue weighted by molar-refractivity contribution is -0.146. The SMILES string of the molecule is COC(=O)C1CCC(N(CC(c2ccccc2)c2cc(-c3c(C(N)=O)ccc(OC[C@@H]4CCCO4)c3F)c(Cl)cc2Cl)C(=O)OC(C)(C)C)CC1. The Balaban J connectivity index is 1.59. The molecule has 2 aliphatic rings. The third-order valence-electron chi connectivity index (χ3n) is 9.43. The van der Waals surface area contributed by atoms with E-state index in [1.165, 1.54) is 25.3 Å². The van der Waals surface area contributed by atoms with Crippen LogP contribution in [0.4, 0.5) is 9.18 Å². The summed E-state index contributed by atoms with van der Waals surface area (Å²) in [7, 11) is 1.38. The first-order valence-corrected chi connectivity index (χ1v) is 18.0. The Morgan fingerprint density at radius 3 is 2.31 bits per heavy atom. The van der Waals surface area contributed by atoms with E-state index in [0.717, 1.165) is 18.4 Å². The van der Waals surface area contributed by atoms with Crippen molar-refractivity contribution >= 4 is 41.2 Å². The van der Waals surface area contributed by atoms with Gasteiger partial charge in [0.05, 0.1) is 29.7 Å². The van der Waals surface area contributed by atoms with Crippen LogP contribution in [0.3, 0.4) is 0 Å². The number of hydrogen-bond acceptors (Lipinski definition) is 7. The number of carbonyl (C=O) groups excluding carboxylic acids is 3. The van der Waals surface area contributed by atoms with Crippen LogP contribution in [0, 0.1) is 11.7 Å². The van der Waals surface area contributed by atoms with Crippen molar-refractivity contribution in [1.82, 2.24) is 4.90 Å². The zero-order chi connectivity index (χ0) is 36.9.